The third-order valence-electron chi connectivity index (χ3n) is 4.16. The summed E-state index contributed by atoms with van der Waals surface area (Å²) in [5, 5.41) is 10.5. The highest BCUT2D eigenvalue weighted by molar-refractivity contribution is 7.89. The molecule has 1 aliphatic heterocycles. The molecule has 0 saturated carbocycles. The van der Waals surface area contributed by atoms with Crippen molar-refractivity contribution in [1.82, 2.24) is 25.0 Å². The first-order chi connectivity index (χ1) is 11.5. The molecule has 1 saturated heterocycles. The number of hydrogen-bond acceptors (Lipinski definition) is 5. The fourth-order valence-electron chi connectivity index (χ4n) is 2.94. The highest BCUT2D eigenvalue weighted by Gasteiger charge is 2.26. The maximum atomic E-state index is 12.6. The normalized spacial score (nSPS) is 16.6. The molecule has 130 valence electrons. The van der Waals surface area contributed by atoms with E-state index in [-0.39, 0.29) is 17.7 Å². The molecule has 2 N–H and O–H groups in total. The Morgan fingerprint density at radius 2 is 2.00 bits per heavy atom. The van der Waals surface area contributed by atoms with Crippen LogP contribution in [-0.4, -0.2) is 59.5 Å². The van der Waals surface area contributed by atoms with E-state index in [9.17, 15) is 13.2 Å². The molecule has 0 atom stereocenters. The van der Waals surface area contributed by atoms with Crippen LogP contribution in [0.2, 0.25) is 0 Å². The Bertz CT molecular complexity index is 825. The summed E-state index contributed by atoms with van der Waals surface area (Å²) in [6, 6.07) is 5.13. The molecule has 2 heterocycles. The highest BCUT2D eigenvalue weighted by Crippen LogP contribution is 2.17. The Kier molecular flexibility index (Phi) is 4.81. The molecule has 1 aromatic heterocycles. The van der Waals surface area contributed by atoms with E-state index >= 15 is 0 Å². The molecule has 0 aliphatic carbocycles. The molecule has 24 heavy (non-hydrogen) atoms. The average Bonchev–Trinajstić information content (AvgIpc) is 3.02. The van der Waals surface area contributed by atoms with Gasteiger partial charge in [-0.25, -0.2) is 13.1 Å². The van der Waals surface area contributed by atoms with Crippen molar-refractivity contribution in [2.45, 2.75) is 32.2 Å². The number of rotatable bonds is 5. The number of aromatic nitrogens is 3. The third-order valence-corrected chi connectivity index (χ3v) is 5.80. The summed E-state index contributed by atoms with van der Waals surface area (Å²) in [5.41, 5.74) is 1.94. The summed E-state index contributed by atoms with van der Waals surface area (Å²) in [6.07, 6.45) is 1.85. The van der Waals surface area contributed by atoms with Gasteiger partial charge in [-0.3, -0.25) is 4.79 Å². The zero-order chi connectivity index (χ0) is 17.2. The van der Waals surface area contributed by atoms with Gasteiger partial charge in [0.15, 0.2) is 0 Å². The highest BCUT2D eigenvalue weighted by atomic mass is 32.2. The number of benzene rings is 1. The molecule has 1 aromatic carbocycles. The van der Waals surface area contributed by atoms with E-state index in [1.807, 2.05) is 6.92 Å². The van der Waals surface area contributed by atoms with Crippen LogP contribution in [-0.2, 0) is 10.0 Å². The van der Waals surface area contributed by atoms with Crippen molar-refractivity contribution < 1.29 is 13.2 Å². The van der Waals surface area contributed by atoms with Gasteiger partial charge in [0.05, 0.1) is 5.75 Å². The lowest BCUT2D eigenvalue weighted by atomic mass is 10.0. The van der Waals surface area contributed by atoms with E-state index in [2.05, 4.69) is 20.1 Å². The van der Waals surface area contributed by atoms with Gasteiger partial charge < -0.3 is 4.90 Å². The van der Waals surface area contributed by atoms with E-state index in [1.54, 1.807) is 23.1 Å². The summed E-state index contributed by atoms with van der Waals surface area (Å²) in [4.78, 5) is 14.3. The Hall–Kier alpha value is -2.00. The minimum atomic E-state index is -3.21. The molecule has 3 rings (SSSR count). The Labute approximate surface area is 140 Å². The summed E-state index contributed by atoms with van der Waals surface area (Å²) >= 11 is 0. The molecule has 1 amide bonds. The number of nitrogens with zero attached hydrogens (tertiary/aromatic N) is 3. The van der Waals surface area contributed by atoms with Gasteiger partial charge in [0, 0.05) is 24.7 Å². The van der Waals surface area contributed by atoms with Gasteiger partial charge in [0.25, 0.3) is 5.91 Å². The fourth-order valence-corrected chi connectivity index (χ4v) is 4.34. The largest absolute Gasteiger partial charge is 0.339 e. The molecule has 1 fully saturated rings. The molecule has 1 aliphatic rings. The second kappa shape index (κ2) is 6.86. The van der Waals surface area contributed by atoms with E-state index in [4.69, 9.17) is 0 Å². The predicted molar refractivity (Wildman–Crippen MR) is 90.0 cm³/mol. The van der Waals surface area contributed by atoms with Crippen LogP contribution in [0.5, 0.6) is 0 Å². The molecule has 8 nitrogen and oxygen atoms in total. The topological polar surface area (TPSA) is 108 Å². The van der Waals surface area contributed by atoms with Crippen LogP contribution in [0.3, 0.4) is 0 Å². The number of piperidine rings is 1. The summed E-state index contributed by atoms with van der Waals surface area (Å²) in [5.74, 6) is 0.0823. The number of sulfonamides is 1. The van der Waals surface area contributed by atoms with E-state index in [0.717, 1.165) is 5.52 Å². The van der Waals surface area contributed by atoms with Crippen molar-refractivity contribution in [1.29, 1.82) is 0 Å². The number of aromatic amines is 1. The molecule has 0 bridgehead atoms. The molecule has 9 heteroatoms. The lowest BCUT2D eigenvalue weighted by molar-refractivity contribution is 0.0711. The quantitative estimate of drug-likeness (QED) is 0.832. The SMILES string of the molecule is CCCS(=O)(=O)NC1CCN(C(=O)c2ccc3n[nH]nc3c2)CC1. The molecule has 0 spiro atoms. The van der Waals surface area contributed by atoms with Crippen molar-refractivity contribution in [2.75, 3.05) is 18.8 Å². The van der Waals surface area contributed by atoms with E-state index < -0.39 is 10.0 Å². The number of carbonyl (C=O) groups excluding carboxylic acids is 1. The monoisotopic (exact) mass is 351 g/mol. The van der Waals surface area contributed by atoms with Crippen molar-refractivity contribution in [3.05, 3.63) is 23.8 Å². The van der Waals surface area contributed by atoms with Crippen LogP contribution in [0, 0.1) is 0 Å². The first-order valence-electron chi connectivity index (χ1n) is 8.08. The zero-order valence-corrected chi connectivity index (χ0v) is 14.3. The van der Waals surface area contributed by atoms with Crippen molar-refractivity contribution in [3.63, 3.8) is 0 Å². The fraction of sp³-hybridized carbons (Fsp3) is 0.533. The molecular formula is C15H21N5O3S. The van der Waals surface area contributed by atoms with Gasteiger partial charge in [-0.05, 0) is 37.5 Å². The van der Waals surface area contributed by atoms with Gasteiger partial charge >= 0.3 is 0 Å². The molecule has 0 radical (unpaired) electrons. The van der Waals surface area contributed by atoms with Gasteiger partial charge in [-0.15, -0.1) is 0 Å². The lowest BCUT2D eigenvalue weighted by Gasteiger charge is -2.32. The minimum absolute atomic E-state index is 0.0604. The maximum Gasteiger partial charge on any atom is 0.253 e. The number of carbonyl (C=O) groups is 1. The summed E-state index contributed by atoms with van der Waals surface area (Å²) < 4.78 is 26.4. The van der Waals surface area contributed by atoms with Gasteiger partial charge in [0.1, 0.15) is 11.0 Å². The number of H-pyrrole nitrogens is 1. The van der Waals surface area contributed by atoms with Crippen LogP contribution in [0.4, 0.5) is 0 Å². The molecule has 2 aromatic rings. The Morgan fingerprint density at radius 3 is 2.71 bits per heavy atom. The van der Waals surface area contributed by atoms with Crippen molar-refractivity contribution in [3.8, 4) is 0 Å². The zero-order valence-electron chi connectivity index (χ0n) is 13.5. The number of likely N-dealkylation sites (tertiary alicyclic amines) is 1. The summed E-state index contributed by atoms with van der Waals surface area (Å²) in [7, 11) is -3.21. The second-order valence-electron chi connectivity index (χ2n) is 6.03. The predicted octanol–water partition coefficient (Wildman–Crippen LogP) is 0.892. The number of hydrogen-bond donors (Lipinski definition) is 2. The standard InChI is InChI=1S/C15H21N5O3S/c1-2-9-24(22,23)18-12-5-7-20(8-6-12)15(21)11-3-4-13-14(10-11)17-19-16-13/h3-4,10,12,18H,2,5-9H2,1H3,(H,16,17,19). The van der Waals surface area contributed by atoms with Crippen LogP contribution < -0.4 is 4.72 Å². The number of fused-ring (bicyclic) bond motifs is 1. The molecular weight excluding hydrogens is 330 g/mol. The first kappa shape index (κ1) is 16.8. The van der Waals surface area contributed by atoms with Crippen LogP contribution in [0.1, 0.15) is 36.5 Å². The maximum absolute atomic E-state index is 12.6. The summed E-state index contributed by atoms with van der Waals surface area (Å²) in [6.45, 7) is 2.91. The Morgan fingerprint density at radius 1 is 1.29 bits per heavy atom. The van der Waals surface area contributed by atoms with Crippen LogP contribution in [0.15, 0.2) is 18.2 Å². The first-order valence-corrected chi connectivity index (χ1v) is 9.73. The average molecular weight is 351 g/mol. The van der Waals surface area contributed by atoms with Gasteiger partial charge in [0.2, 0.25) is 10.0 Å². The Balaban J connectivity index is 1.60. The lowest BCUT2D eigenvalue weighted by Crippen LogP contribution is -2.46. The van der Waals surface area contributed by atoms with Crippen LogP contribution >= 0.6 is 0 Å². The van der Waals surface area contributed by atoms with Gasteiger partial charge in [-0.2, -0.15) is 15.4 Å². The second-order valence-corrected chi connectivity index (χ2v) is 7.90. The number of amides is 1. The van der Waals surface area contributed by atoms with Crippen molar-refractivity contribution >= 4 is 27.0 Å². The van der Waals surface area contributed by atoms with E-state index in [1.165, 1.54) is 0 Å². The van der Waals surface area contributed by atoms with Crippen LogP contribution in [0.25, 0.3) is 11.0 Å². The smallest absolute Gasteiger partial charge is 0.253 e. The van der Waals surface area contributed by atoms with E-state index in [0.29, 0.717) is 43.4 Å². The number of nitrogens with one attached hydrogen (secondary N) is 2. The van der Waals surface area contributed by atoms with Crippen molar-refractivity contribution in [2.24, 2.45) is 0 Å². The molecule has 0 unspecified atom stereocenters. The minimum Gasteiger partial charge on any atom is -0.339 e. The third kappa shape index (κ3) is 3.73. The van der Waals surface area contributed by atoms with Gasteiger partial charge in [-0.1, -0.05) is 6.92 Å².